The molecule has 4 N–H and O–H groups in total. The minimum Gasteiger partial charge on any atom is -0.475 e. The number of ether oxygens (including phenoxy) is 1. The first-order chi connectivity index (χ1) is 18.9. The quantitative estimate of drug-likeness (QED) is 0.310. The van der Waals surface area contributed by atoms with E-state index < -0.39 is 18.1 Å². The third-order valence-electron chi connectivity index (χ3n) is 6.03. The number of hydrogen-bond donors (Lipinski definition) is 3. The van der Waals surface area contributed by atoms with Gasteiger partial charge in [-0.15, -0.1) is 0 Å². The maximum atomic E-state index is 12.4. The van der Waals surface area contributed by atoms with Crippen LogP contribution in [-0.4, -0.2) is 74.9 Å². The summed E-state index contributed by atoms with van der Waals surface area (Å²) >= 11 is 0. The van der Waals surface area contributed by atoms with Crippen molar-refractivity contribution >= 4 is 45.2 Å². The molecule has 2 aromatic heterocycles. The minimum absolute atomic E-state index is 0.0919. The summed E-state index contributed by atoms with van der Waals surface area (Å²) in [5.41, 5.74) is 8.31. The zero-order valence-electron chi connectivity index (χ0n) is 21.3. The summed E-state index contributed by atoms with van der Waals surface area (Å²) in [7, 11) is 1.72. The van der Waals surface area contributed by atoms with Crippen LogP contribution in [0.25, 0.3) is 21.8 Å². The number of anilines is 1. The van der Waals surface area contributed by atoms with Crippen LogP contribution in [0, 0.1) is 0 Å². The fourth-order valence-electron chi connectivity index (χ4n) is 4.17. The number of piperazine rings is 1. The van der Waals surface area contributed by atoms with Crippen molar-refractivity contribution in [1.29, 1.82) is 0 Å². The Morgan fingerprint density at radius 2 is 1.80 bits per heavy atom. The van der Waals surface area contributed by atoms with Gasteiger partial charge in [-0.05, 0) is 31.2 Å². The highest BCUT2D eigenvalue weighted by atomic mass is 19.4. The van der Waals surface area contributed by atoms with E-state index in [9.17, 15) is 22.8 Å². The standard InChI is InChI=1S/C23H23N7O3.C2HF3O2/c1-13(31)17-11-15(30-9-7-25-8-10-30)4-6-18(17)33-23-26-12-14-3-5-16-20(22(24)32)28-29(2)21(16)19(14)27-23;3-2(4,5)1(6)7/h3-6,11-12,25H,7-10H2,1-2H3,(H2,24,32);(H,6,7). The number of Topliss-reactive ketones (excluding diaryl/α,β-unsaturated/α-hetero) is 1. The van der Waals surface area contributed by atoms with Gasteiger partial charge in [0.25, 0.3) is 5.91 Å². The summed E-state index contributed by atoms with van der Waals surface area (Å²) < 4.78 is 39.3. The predicted octanol–water partition coefficient (Wildman–Crippen LogP) is 2.65. The van der Waals surface area contributed by atoms with Crippen molar-refractivity contribution in [3.05, 3.63) is 47.8 Å². The van der Waals surface area contributed by atoms with Crippen molar-refractivity contribution in [2.75, 3.05) is 31.1 Å². The number of nitrogens with one attached hydrogen (secondary N) is 1. The van der Waals surface area contributed by atoms with Crippen LogP contribution in [0.4, 0.5) is 18.9 Å². The molecule has 1 aliphatic heterocycles. The van der Waals surface area contributed by atoms with Crippen molar-refractivity contribution in [2.45, 2.75) is 13.1 Å². The van der Waals surface area contributed by atoms with Crippen LogP contribution in [0.2, 0.25) is 0 Å². The first-order valence-corrected chi connectivity index (χ1v) is 11.9. The lowest BCUT2D eigenvalue weighted by molar-refractivity contribution is -0.192. The first kappa shape index (κ1) is 28.2. The minimum atomic E-state index is -5.08. The van der Waals surface area contributed by atoms with Crippen molar-refractivity contribution in [3.8, 4) is 11.8 Å². The Labute approximate surface area is 224 Å². The van der Waals surface area contributed by atoms with Gasteiger partial charge in [0.05, 0.1) is 11.1 Å². The number of carboxylic acids is 1. The molecule has 1 aliphatic rings. The Kier molecular flexibility index (Phi) is 7.86. The molecule has 1 fully saturated rings. The number of rotatable bonds is 5. The number of carboxylic acid groups (broad SMARTS) is 1. The van der Waals surface area contributed by atoms with E-state index in [0.29, 0.717) is 27.7 Å². The molecule has 2 aromatic carbocycles. The van der Waals surface area contributed by atoms with Crippen molar-refractivity contribution in [1.82, 2.24) is 25.1 Å². The molecule has 210 valence electrons. The zero-order chi connectivity index (χ0) is 29.2. The molecule has 0 bridgehead atoms. The molecule has 40 heavy (non-hydrogen) atoms. The fraction of sp³-hybridized carbons (Fsp3) is 0.280. The van der Waals surface area contributed by atoms with Crippen LogP contribution >= 0.6 is 0 Å². The van der Waals surface area contributed by atoms with Gasteiger partial charge >= 0.3 is 18.2 Å². The number of primary amides is 1. The van der Waals surface area contributed by atoms with Crippen LogP contribution < -0.4 is 20.7 Å². The molecule has 0 saturated carbocycles. The highest BCUT2D eigenvalue weighted by Gasteiger charge is 2.38. The van der Waals surface area contributed by atoms with Gasteiger partial charge in [-0.25, -0.2) is 9.78 Å². The number of aryl methyl sites for hydroxylation is 1. The third-order valence-corrected chi connectivity index (χ3v) is 6.03. The molecule has 0 radical (unpaired) electrons. The van der Waals surface area contributed by atoms with E-state index in [1.807, 2.05) is 12.1 Å². The van der Waals surface area contributed by atoms with Gasteiger partial charge in [0.1, 0.15) is 11.3 Å². The summed E-state index contributed by atoms with van der Waals surface area (Å²) in [4.78, 5) is 44.2. The highest BCUT2D eigenvalue weighted by molar-refractivity contribution is 6.11. The number of benzene rings is 2. The number of nitrogens with zero attached hydrogens (tertiary/aromatic N) is 5. The van der Waals surface area contributed by atoms with Crippen LogP contribution in [-0.2, 0) is 11.8 Å². The predicted molar refractivity (Wildman–Crippen MR) is 138 cm³/mol. The molecule has 0 spiro atoms. The van der Waals surface area contributed by atoms with E-state index in [4.69, 9.17) is 20.4 Å². The molecule has 12 nitrogen and oxygen atoms in total. The fourth-order valence-corrected chi connectivity index (χ4v) is 4.17. The SMILES string of the molecule is CC(=O)c1cc(N2CCNCC2)ccc1Oc1ncc2ccc3c(C(N)=O)nn(C)c3c2n1.O=C(O)C(F)(F)F. The average Bonchev–Trinajstić information content (AvgIpc) is 3.26. The Hall–Kier alpha value is -4.79. The van der Waals surface area contributed by atoms with Crippen LogP contribution in [0.15, 0.2) is 36.5 Å². The molecule has 5 rings (SSSR count). The Balaban J connectivity index is 0.000000470. The number of fused-ring (bicyclic) bond motifs is 3. The summed E-state index contributed by atoms with van der Waals surface area (Å²) in [6.07, 6.45) is -3.45. The van der Waals surface area contributed by atoms with E-state index in [-0.39, 0.29) is 17.5 Å². The van der Waals surface area contributed by atoms with Crippen LogP contribution in [0.5, 0.6) is 11.8 Å². The number of carbonyl (C=O) groups excluding carboxylic acids is 2. The van der Waals surface area contributed by atoms with Gasteiger partial charge in [-0.1, -0.05) is 6.07 Å². The molecule has 1 saturated heterocycles. The second kappa shape index (κ2) is 11.1. The van der Waals surface area contributed by atoms with Gasteiger partial charge in [0.2, 0.25) is 0 Å². The Morgan fingerprint density at radius 1 is 1.12 bits per heavy atom. The van der Waals surface area contributed by atoms with Gasteiger partial charge in [-0.2, -0.15) is 23.3 Å². The van der Waals surface area contributed by atoms with E-state index in [0.717, 1.165) is 37.3 Å². The van der Waals surface area contributed by atoms with Gasteiger partial charge < -0.3 is 25.8 Å². The number of aromatic nitrogens is 4. The largest absolute Gasteiger partial charge is 0.490 e. The van der Waals surface area contributed by atoms with Crippen LogP contribution in [0.3, 0.4) is 0 Å². The topological polar surface area (TPSA) is 166 Å². The molecular formula is C25H24F3N7O5. The number of ketones is 1. The number of halogens is 3. The third kappa shape index (κ3) is 5.93. The summed E-state index contributed by atoms with van der Waals surface area (Å²) in [5, 5.41) is 16.0. The summed E-state index contributed by atoms with van der Waals surface area (Å²) in [6, 6.07) is 9.23. The van der Waals surface area contributed by atoms with E-state index in [2.05, 4.69) is 25.3 Å². The Bertz CT molecular complexity index is 1610. The maximum Gasteiger partial charge on any atom is 0.490 e. The van der Waals surface area contributed by atoms with Gasteiger partial charge in [0.15, 0.2) is 11.5 Å². The van der Waals surface area contributed by atoms with Crippen molar-refractivity contribution in [3.63, 3.8) is 0 Å². The lowest BCUT2D eigenvalue weighted by Gasteiger charge is -2.29. The van der Waals surface area contributed by atoms with Crippen molar-refractivity contribution in [2.24, 2.45) is 12.8 Å². The normalized spacial score (nSPS) is 13.6. The average molecular weight is 560 g/mol. The zero-order valence-corrected chi connectivity index (χ0v) is 21.3. The summed E-state index contributed by atoms with van der Waals surface area (Å²) in [6.45, 7) is 5.06. The van der Waals surface area contributed by atoms with E-state index in [1.54, 1.807) is 36.1 Å². The smallest absolute Gasteiger partial charge is 0.475 e. The highest BCUT2D eigenvalue weighted by Crippen LogP contribution is 2.31. The molecule has 0 aliphatic carbocycles. The molecule has 0 atom stereocenters. The van der Waals surface area contributed by atoms with E-state index >= 15 is 0 Å². The molecule has 15 heteroatoms. The number of carbonyl (C=O) groups is 3. The number of aliphatic carboxylic acids is 1. The van der Waals surface area contributed by atoms with Gasteiger partial charge in [-0.3, -0.25) is 14.3 Å². The molecular weight excluding hydrogens is 535 g/mol. The number of amides is 1. The van der Waals surface area contributed by atoms with Gasteiger partial charge in [0, 0.05) is 55.9 Å². The molecule has 4 aromatic rings. The number of nitrogens with two attached hydrogens (primary N) is 1. The second-order valence-corrected chi connectivity index (χ2v) is 8.77. The molecule has 3 heterocycles. The maximum absolute atomic E-state index is 12.4. The Morgan fingerprint density at radius 3 is 2.40 bits per heavy atom. The number of hydrogen-bond acceptors (Lipinski definition) is 9. The first-order valence-electron chi connectivity index (χ1n) is 11.9. The van der Waals surface area contributed by atoms with Crippen LogP contribution in [0.1, 0.15) is 27.8 Å². The lowest BCUT2D eigenvalue weighted by atomic mass is 10.1. The molecule has 1 amide bonds. The molecule has 0 unspecified atom stereocenters. The van der Waals surface area contributed by atoms with Crippen molar-refractivity contribution < 1.29 is 37.4 Å². The monoisotopic (exact) mass is 559 g/mol. The lowest BCUT2D eigenvalue weighted by Crippen LogP contribution is -2.43. The van der Waals surface area contributed by atoms with E-state index in [1.165, 1.54) is 6.92 Å². The number of alkyl halides is 3. The second-order valence-electron chi connectivity index (χ2n) is 8.77. The summed E-state index contributed by atoms with van der Waals surface area (Å²) in [5.74, 6) is -3.09.